The van der Waals surface area contributed by atoms with Crippen molar-refractivity contribution in [2.45, 2.75) is 84.5 Å². The van der Waals surface area contributed by atoms with Gasteiger partial charge in [0.05, 0.1) is 5.92 Å². The summed E-state index contributed by atoms with van der Waals surface area (Å²) in [5, 5.41) is 9.39. The summed E-state index contributed by atoms with van der Waals surface area (Å²) >= 11 is 0. The maximum atomic E-state index is 11.4. The normalized spacial score (nSPS) is 12.5. The topological polar surface area (TPSA) is 80.4 Å². The Kier molecular flexibility index (Phi) is 12.0. The lowest BCUT2D eigenvalue weighted by molar-refractivity contribution is -0.146. The predicted octanol–water partition coefficient (Wildman–Crippen LogP) is 4.12. The largest absolute Gasteiger partial charge is 0.481 e. The van der Waals surface area contributed by atoms with Crippen molar-refractivity contribution in [1.29, 1.82) is 0 Å². The highest BCUT2D eigenvalue weighted by molar-refractivity contribution is 5.81. The third-order valence-corrected chi connectivity index (χ3v) is 4.16. The predicted molar refractivity (Wildman–Crippen MR) is 85.9 cm³/mol. The second-order valence-electron chi connectivity index (χ2n) is 6.07. The first-order valence-electron chi connectivity index (χ1n) is 8.54. The summed E-state index contributed by atoms with van der Waals surface area (Å²) in [7, 11) is 0. The SMILES string of the molecule is CCCCCCC(CCCCCC)[C@@H](CC(N)=O)C(=O)O. The van der Waals surface area contributed by atoms with Crippen molar-refractivity contribution in [2.75, 3.05) is 0 Å². The Bertz CT molecular complexity index is 280. The summed E-state index contributed by atoms with van der Waals surface area (Å²) < 4.78 is 0. The van der Waals surface area contributed by atoms with Gasteiger partial charge in [-0.05, 0) is 18.8 Å². The van der Waals surface area contributed by atoms with Gasteiger partial charge < -0.3 is 10.8 Å². The van der Waals surface area contributed by atoms with Crippen molar-refractivity contribution in [3.05, 3.63) is 0 Å². The minimum absolute atomic E-state index is 0.0262. The van der Waals surface area contributed by atoms with Crippen LogP contribution in [-0.4, -0.2) is 17.0 Å². The fourth-order valence-corrected chi connectivity index (χ4v) is 2.89. The molecular formula is C17H33NO3. The van der Waals surface area contributed by atoms with E-state index < -0.39 is 17.8 Å². The standard InChI is InChI=1S/C17H33NO3/c1-3-5-7-9-11-14(12-10-8-6-4-2)15(17(20)21)13-16(18)19/h14-15H,3-13H2,1-2H3,(H2,18,19)(H,20,21)/t15-/m1/s1. The monoisotopic (exact) mass is 299 g/mol. The second kappa shape index (κ2) is 12.7. The molecule has 0 saturated carbocycles. The number of hydrogen-bond acceptors (Lipinski definition) is 2. The van der Waals surface area contributed by atoms with E-state index in [1.807, 2.05) is 0 Å². The van der Waals surface area contributed by atoms with Crippen LogP contribution in [0.2, 0.25) is 0 Å². The Morgan fingerprint density at radius 1 is 0.905 bits per heavy atom. The van der Waals surface area contributed by atoms with Crippen molar-refractivity contribution in [3.8, 4) is 0 Å². The molecule has 0 aromatic carbocycles. The molecule has 21 heavy (non-hydrogen) atoms. The summed E-state index contributed by atoms with van der Waals surface area (Å²) in [6.45, 7) is 4.32. The van der Waals surface area contributed by atoms with Gasteiger partial charge in [0, 0.05) is 6.42 Å². The molecule has 3 N–H and O–H groups in total. The number of rotatable bonds is 14. The highest BCUT2D eigenvalue weighted by Gasteiger charge is 2.28. The molecule has 0 fully saturated rings. The van der Waals surface area contributed by atoms with Gasteiger partial charge in [-0.1, -0.05) is 65.2 Å². The van der Waals surface area contributed by atoms with E-state index >= 15 is 0 Å². The van der Waals surface area contributed by atoms with Crippen molar-refractivity contribution in [3.63, 3.8) is 0 Å². The number of primary amides is 1. The highest BCUT2D eigenvalue weighted by Crippen LogP contribution is 2.28. The minimum Gasteiger partial charge on any atom is -0.481 e. The molecule has 4 nitrogen and oxygen atoms in total. The first-order valence-corrected chi connectivity index (χ1v) is 8.54. The molecular weight excluding hydrogens is 266 g/mol. The maximum Gasteiger partial charge on any atom is 0.307 e. The second-order valence-corrected chi connectivity index (χ2v) is 6.07. The van der Waals surface area contributed by atoms with Crippen molar-refractivity contribution in [2.24, 2.45) is 17.6 Å². The molecule has 0 aliphatic heterocycles. The van der Waals surface area contributed by atoms with Crippen LogP contribution in [0, 0.1) is 11.8 Å². The zero-order valence-corrected chi connectivity index (χ0v) is 13.8. The van der Waals surface area contributed by atoms with Crippen LogP contribution < -0.4 is 5.73 Å². The molecule has 0 spiro atoms. The zero-order valence-electron chi connectivity index (χ0n) is 13.8. The molecule has 4 heteroatoms. The lowest BCUT2D eigenvalue weighted by Crippen LogP contribution is -2.29. The number of carboxylic acids is 1. The van der Waals surface area contributed by atoms with Crippen molar-refractivity contribution in [1.82, 2.24) is 0 Å². The number of aliphatic carboxylic acids is 1. The van der Waals surface area contributed by atoms with Crippen LogP contribution in [0.25, 0.3) is 0 Å². The lowest BCUT2D eigenvalue weighted by Gasteiger charge is -2.23. The van der Waals surface area contributed by atoms with Gasteiger partial charge in [0.2, 0.25) is 5.91 Å². The number of amides is 1. The maximum absolute atomic E-state index is 11.4. The fraction of sp³-hybridized carbons (Fsp3) is 0.882. The lowest BCUT2D eigenvalue weighted by atomic mass is 9.81. The van der Waals surface area contributed by atoms with E-state index in [-0.39, 0.29) is 12.3 Å². The molecule has 0 saturated heterocycles. The Morgan fingerprint density at radius 2 is 1.38 bits per heavy atom. The summed E-state index contributed by atoms with van der Waals surface area (Å²) in [6, 6.07) is 0. The third-order valence-electron chi connectivity index (χ3n) is 4.16. The molecule has 0 aromatic rings. The van der Waals surface area contributed by atoms with E-state index in [2.05, 4.69) is 13.8 Å². The molecule has 0 aromatic heterocycles. The number of carbonyl (C=O) groups is 2. The number of unbranched alkanes of at least 4 members (excludes halogenated alkanes) is 6. The minimum atomic E-state index is -0.871. The Hall–Kier alpha value is -1.06. The van der Waals surface area contributed by atoms with Gasteiger partial charge in [-0.3, -0.25) is 9.59 Å². The van der Waals surface area contributed by atoms with E-state index in [0.717, 1.165) is 38.5 Å². The van der Waals surface area contributed by atoms with E-state index in [4.69, 9.17) is 5.73 Å². The van der Waals surface area contributed by atoms with Crippen LogP contribution >= 0.6 is 0 Å². The Morgan fingerprint density at radius 3 is 1.71 bits per heavy atom. The molecule has 1 amide bonds. The number of carbonyl (C=O) groups excluding carboxylic acids is 1. The van der Waals surface area contributed by atoms with E-state index in [0.29, 0.717) is 0 Å². The van der Waals surface area contributed by atoms with Gasteiger partial charge >= 0.3 is 5.97 Å². The van der Waals surface area contributed by atoms with Gasteiger partial charge in [-0.25, -0.2) is 0 Å². The van der Waals surface area contributed by atoms with Gasteiger partial charge in [-0.2, -0.15) is 0 Å². The molecule has 0 heterocycles. The molecule has 0 rings (SSSR count). The van der Waals surface area contributed by atoms with Gasteiger partial charge in [-0.15, -0.1) is 0 Å². The van der Waals surface area contributed by atoms with Crippen molar-refractivity contribution >= 4 is 11.9 Å². The summed E-state index contributed by atoms with van der Waals surface area (Å²) in [5.74, 6) is -1.89. The van der Waals surface area contributed by atoms with Crippen molar-refractivity contribution < 1.29 is 14.7 Å². The molecule has 0 aliphatic carbocycles. The van der Waals surface area contributed by atoms with Crippen LogP contribution in [0.4, 0.5) is 0 Å². The van der Waals surface area contributed by atoms with Crippen LogP contribution in [0.15, 0.2) is 0 Å². The first-order chi connectivity index (χ1) is 10.0. The van der Waals surface area contributed by atoms with Crippen LogP contribution in [0.5, 0.6) is 0 Å². The molecule has 0 unspecified atom stereocenters. The molecule has 1 atom stereocenters. The Labute approximate surface area is 129 Å². The van der Waals surface area contributed by atoms with Crippen LogP contribution in [0.3, 0.4) is 0 Å². The smallest absolute Gasteiger partial charge is 0.307 e. The van der Waals surface area contributed by atoms with Crippen LogP contribution in [0.1, 0.15) is 84.5 Å². The molecule has 0 aliphatic rings. The number of nitrogens with two attached hydrogens (primary N) is 1. The summed E-state index contributed by atoms with van der Waals surface area (Å²) in [5.41, 5.74) is 5.22. The zero-order chi connectivity index (χ0) is 16.1. The van der Waals surface area contributed by atoms with Crippen LogP contribution in [-0.2, 0) is 9.59 Å². The van der Waals surface area contributed by atoms with Gasteiger partial charge in [0.25, 0.3) is 0 Å². The number of carboxylic acid groups (broad SMARTS) is 1. The van der Waals surface area contributed by atoms with E-state index in [9.17, 15) is 14.7 Å². The highest BCUT2D eigenvalue weighted by atomic mass is 16.4. The summed E-state index contributed by atoms with van der Waals surface area (Å²) in [4.78, 5) is 22.6. The number of hydrogen-bond donors (Lipinski definition) is 2. The average Bonchev–Trinajstić information content (AvgIpc) is 2.43. The Balaban J connectivity index is 4.48. The fourth-order valence-electron chi connectivity index (χ4n) is 2.89. The van der Waals surface area contributed by atoms with E-state index in [1.165, 1.54) is 25.7 Å². The quantitative estimate of drug-likeness (QED) is 0.473. The van der Waals surface area contributed by atoms with Gasteiger partial charge in [0.15, 0.2) is 0 Å². The molecule has 0 radical (unpaired) electrons. The molecule has 124 valence electrons. The van der Waals surface area contributed by atoms with Gasteiger partial charge in [0.1, 0.15) is 0 Å². The molecule has 0 bridgehead atoms. The van der Waals surface area contributed by atoms with E-state index in [1.54, 1.807) is 0 Å². The first kappa shape index (κ1) is 19.9. The average molecular weight is 299 g/mol. The summed E-state index contributed by atoms with van der Waals surface area (Å²) in [6.07, 6.45) is 10.9. The third kappa shape index (κ3) is 10.3.